The molecule has 0 aliphatic carbocycles. The number of nitrogens with one attached hydrogen (secondary N) is 1. The summed E-state index contributed by atoms with van der Waals surface area (Å²) < 4.78 is 2.69. The Balaban J connectivity index is 1.82. The second-order valence-corrected chi connectivity index (χ2v) is 5.87. The van der Waals surface area contributed by atoms with E-state index in [0.717, 1.165) is 0 Å². The minimum atomic E-state index is -0.740. The summed E-state index contributed by atoms with van der Waals surface area (Å²) in [7, 11) is 0. The summed E-state index contributed by atoms with van der Waals surface area (Å²) in [6, 6.07) is 1.67. The number of carbonyl (C=O) groups excluding carboxylic acids is 2. The number of aryl methyl sites for hydroxylation is 1. The van der Waals surface area contributed by atoms with Crippen molar-refractivity contribution in [2.45, 2.75) is 20.0 Å². The Bertz CT molecular complexity index is 986. The molecule has 0 spiro atoms. The Morgan fingerprint density at radius 2 is 2.21 bits per heavy atom. The third kappa shape index (κ3) is 2.91. The molecule has 3 aromatic heterocycles. The van der Waals surface area contributed by atoms with Crippen molar-refractivity contribution in [2.24, 2.45) is 5.73 Å². The summed E-state index contributed by atoms with van der Waals surface area (Å²) >= 11 is 1.35. The van der Waals surface area contributed by atoms with Crippen LogP contribution in [0.1, 0.15) is 17.4 Å². The topological polar surface area (TPSA) is 125 Å². The average molecular weight is 346 g/mol. The van der Waals surface area contributed by atoms with Crippen LogP contribution in [0.3, 0.4) is 0 Å². The molecule has 0 saturated heterocycles. The van der Waals surface area contributed by atoms with Crippen molar-refractivity contribution in [2.75, 3.05) is 5.32 Å². The number of carbonyl (C=O) groups is 2. The second-order valence-electron chi connectivity index (χ2n) is 4.98. The van der Waals surface area contributed by atoms with Gasteiger partial charge in [-0.25, -0.2) is 4.98 Å². The molecule has 124 valence electrons. The fraction of sp³-hybridized carbons (Fsp3) is 0.214. The van der Waals surface area contributed by atoms with Gasteiger partial charge < -0.3 is 11.1 Å². The van der Waals surface area contributed by atoms with Crippen molar-refractivity contribution in [1.82, 2.24) is 19.3 Å². The number of hydrogen-bond donors (Lipinski definition) is 2. The number of nitrogens with two attached hydrogens (primary N) is 1. The van der Waals surface area contributed by atoms with Gasteiger partial charge in [0, 0.05) is 12.7 Å². The van der Waals surface area contributed by atoms with E-state index in [1.165, 1.54) is 33.1 Å². The third-order valence-electron chi connectivity index (χ3n) is 3.36. The number of rotatable bonds is 5. The first-order chi connectivity index (χ1) is 11.5. The molecular formula is C14H14N6O3S. The van der Waals surface area contributed by atoms with Crippen molar-refractivity contribution in [3.05, 3.63) is 40.0 Å². The SMILES string of the molecule is CCn1cc(NC(=O)Cn2cnc3sccc3c2=O)c(C(N)=O)n1. The van der Waals surface area contributed by atoms with Gasteiger partial charge in [-0.3, -0.25) is 23.6 Å². The van der Waals surface area contributed by atoms with Gasteiger partial charge in [-0.2, -0.15) is 5.10 Å². The van der Waals surface area contributed by atoms with E-state index in [2.05, 4.69) is 15.4 Å². The Morgan fingerprint density at radius 1 is 1.42 bits per heavy atom. The zero-order valence-corrected chi connectivity index (χ0v) is 13.5. The Morgan fingerprint density at radius 3 is 2.92 bits per heavy atom. The Kier molecular flexibility index (Phi) is 4.13. The molecule has 0 aliphatic rings. The van der Waals surface area contributed by atoms with E-state index in [4.69, 9.17) is 5.73 Å². The van der Waals surface area contributed by atoms with Gasteiger partial charge in [0.25, 0.3) is 11.5 Å². The van der Waals surface area contributed by atoms with Gasteiger partial charge in [0.2, 0.25) is 5.91 Å². The van der Waals surface area contributed by atoms with Gasteiger partial charge in [0.15, 0.2) is 5.69 Å². The standard InChI is InChI=1S/C14H14N6O3S/c1-2-20-5-9(11(18-20)12(15)22)17-10(21)6-19-7-16-13-8(14(19)23)3-4-24-13/h3-5,7H,2,6H2,1H3,(H2,15,22)(H,17,21). The maximum Gasteiger partial charge on any atom is 0.271 e. The van der Waals surface area contributed by atoms with Gasteiger partial charge in [-0.1, -0.05) is 0 Å². The highest BCUT2D eigenvalue weighted by Gasteiger charge is 2.17. The lowest BCUT2D eigenvalue weighted by Gasteiger charge is -2.06. The molecule has 3 rings (SSSR count). The fourth-order valence-corrected chi connectivity index (χ4v) is 2.93. The van der Waals surface area contributed by atoms with E-state index in [1.54, 1.807) is 11.4 Å². The molecule has 24 heavy (non-hydrogen) atoms. The van der Waals surface area contributed by atoms with Gasteiger partial charge in [0.05, 0.1) is 17.4 Å². The van der Waals surface area contributed by atoms with Crippen LogP contribution in [0.25, 0.3) is 10.2 Å². The van der Waals surface area contributed by atoms with Gasteiger partial charge in [-0.05, 0) is 18.4 Å². The van der Waals surface area contributed by atoms with Crippen LogP contribution >= 0.6 is 11.3 Å². The third-order valence-corrected chi connectivity index (χ3v) is 4.18. The van der Waals surface area contributed by atoms with E-state index in [-0.39, 0.29) is 23.5 Å². The quantitative estimate of drug-likeness (QED) is 0.692. The summed E-state index contributed by atoms with van der Waals surface area (Å²) in [6.07, 6.45) is 2.84. The number of primary amides is 1. The zero-order valence-electron chi connectivity index (χ0n) is 12.7. The van der Waals surface area contributed by atoms with Gasteiger partial charge in [-0.15, -0.1) is 11.3 Å². The van der Waals surface area contributed by atoms with Crippen molar-refractivity contribution >= 4 is 39.1 Å². The Labute approximate surface area is 139 Å². The minimum absolute atomic E-state index is 0.0241. The average Bonchev–Trinajstić information content (AvgIpc) is 3.16. The van der Waals surface area contributed by atoms with E-state index < -0.39 is 11.8 Å². The summed E-state index contributed by atoms with van der Waals surface area (Å²) in [4.78, 5) is 40.6. The lowest BCUT2D eigenvalue weighted by Crippen LogP contribution is -2.28. The first kappa shape index (κ1) is 15.9. The van der Waals surface area contributed by atoms with Crippen LogP contribution in [0, 0.1) is 0 Å². The van der Waals surface area contributed by atoms with E-state index in [1.807, 2.05) is 6.92 Å². The molecule has 2 amide bonds. The van der Waals surface area contributed by atoms with E-state index in [9.17, 15) is 14.4 Å². The number of nitrogens with zero attached hydrogens (tertiary/aromatic N) is 4. The summed E-state index contributed by atoms with van der Waals surface area (Å²) in [5, 5.41) is 8.77. The van der Waals surface area contributed by atoms with Crippen LogP contribution < -0.4 is 16.6 Å². The van der Waals surface area contributed by atoms with Crippen molar-refractivity contribution < 1.29 is 9.59 Å². The number of fused-ring (bicyclic) bond motifs is 1. The van der Waals surface area contributed by atoms with Gasteiger partial charge in [0.1, 0.15) is 11.4 Å². The number of aromatic nitrogens is 4. The zero-order chi connectivity index (χ0) is 17.3. The molecule has 3 heterocycles. The van der Waals surface area contributed by atoms with Crippen LogP contribution in [0.2, 0.25) is 0 Å². The maximum atomic E-state index is 12.3. The Hall–Kier alpha value is -3.01. The normalized spacial score (nSPS) is 10.9. The highest BCUT2D eigenvalue weighted by atomic mass is 32.1. The van der Waals surface area contributed by atoms with Crippen molar-refractivity contribution in [3.8, 4) is 0 Å². The number of hydrogen-bond acceptors (Lipinski definition) is 6. The monoisotopic (exact) mass is 346 g/mol. The lowest BCUT2D eigenvalue weighted by atomic mass is 10.3. The molecular weight excluding hydrogens is 332 g/mol. The maximum absolute atomic E-state index is 12.3. The predicted molar refractivity (Wildman–Crippen MR) is 88.9 cm³/mol. The molecule has 0 atom stereocenters. The molecule has 0 radical (unpaired) electrons. The van der Waals surface area contributed by atoms with Crippen LogP contribution in [0.5, 0.6) is 0 Å². The molecule has 0 bridgehead atoms. The molecule has 0 aromatic carbocycles. The lowest BCUT2D eigenvalue weighted by molar-refractivity contribution is -0.116. The summed E-state index contributed by atoms with van der Waals surface area (Å²) in [6.45, 7) is 2.13. The number of thiophene rings is 1. The first-order valence-corrected chi connectivity index (χ1v) is 7.97. The number of amides is 2. The highest BCUT2D eigenvalue weighted by molar-refractivity contribution is 7.16. The molecule has 9 nitrogen and oxygen atoms in total. The molecule has 3 aromatic rings. The summed E-state index contributed by atoms with van der Waals surface area (Å²) in [5.74, 6) is -1.22. The minimum Gasteiger partial charge on any atom is -0.364 e. The van der Waals surface area contributed by atoms with Crippen molar-refractivity contribution in [3.63, 3.8) is 0 Å². The summed E-state index contributed by atoms with van der Waals surface area (Å²) in [5.41, 5.74) is 5.15. The molecule has 0 unspecified atom stereocenters. The fourth-order valence-electron chi connectivity index (χ4n) is 2.21. The van der Waals surface area contributed by atoms with Crippen LogP contribution in [0.15, 0.2) is 28.8 Å². The van der Waals surface area contributed by atoms with E-state index in [0.29, 0.717) is 16.8 Å². The second kappa shape index (κ2) is 6.24. The van der Waals surface area contributed by atoms with Gasteiger partial charge >= 0.3 is 0 Å². The predicted octanol–water partition coefficient (Wildman–Crippen LogP) is 0.412. The molecule has 0 aliphatic heterocycles. The molecule has 0 fully saturated rings. The first-order valence-electron chi connectivity index (χ1n) is 7.09. The van der Waals surface area contributed by atoms with Crippen LogP contribution in [0.4, 0.5) is 5.69 Å². The van der Waals surface area contributed by atoms with Crippen LogP contribution in [-0.4, -0.2) is 31.1 Å². The smallest absolute Gasteiger partial charge is 0.271 e. The largest absolute Gasteiger partial charge is 0.364 e. The molecule has 10 heteroatoms. The highest BCUT2D eigenvalue weighted by Crippen LogP contribution is 2.14. The van der Waals surface area contributed by atoms with Crippen LogP contribution in [-0.2, 0) is 17.9 Å². The van der Waals surface area contributed by atoms with E-state index >= 15 is 0 Å². The molecule has 3 N–H and O–H groups in total. The number of anilines is 1. The molecule has 0 saturated carbocycles. The van der Waals surface area contributed by atoms with Crippen molar-refractivity contribution in [1.29, 1.82) is 0 Å².